The Morgan fingerprint density at radius 1 is 0.978 bits per heavy atom. The molecule has 11 heteroatoms. The molecule has 13 atom stereocenters. The van der Waals surface area contributed by atoms with Crippen LogP contribution in [0, 0.1) is 34.5 Å². The van der Waals surface area contributed by atoms with Crippen molar-refractivity contribution < 1.29 is 47.9 Å². The van der Waals surface area contributed by atoms with Gasteiger partial charge in [-0.2, -0.15) is 0 Å². The second-order valence-electron chi connectivity index (χ2n) is 14.6. The fraction of sp³-hybridized carbons (Fsp3) is 0.771. The summed E-state index contributed by atoms with van der Waals surface area (Å²) in [4.78, 5) is 29.7. The smallest absolute Gasteiger partial charge is 0.338 e. The van der Waals surface area contributed by atoms with Crippen LogP contribution >= 0.6 is 0 Å². The molecule has 46 heavy (non-hydrogen) atoms. The van der Waals surface area contributed by atoms with Crippen LogP contribution in [0.1, 0.15) is 49.9 Å². The first kappa shape index (κ1) is 32.3. The van der Waals surface area contributed by atoms with Gasteiger partial charge in [0.2, 0.25) is 0 Å². The minimum absolute atomic E-state index is 0.00534. The van der Waals surface area contributed by atoms with E-state index < -0.39 is 46.7 Å². The number of hydrogen-bond donors (Lipinski definition) is 1. The Balaban J connectivity index is 1.46. The van der Waals surface area contributed by atoms with Gasteiger partial charge >= 0.3 is 11.9 Å². The molecule has 5 saturated carbocycles. The number of fused-ring (bicyclic) bond motifs is 2. The largest absolute Gasteiger partial charge is 0.497 e. The lowest BCUT2D eigenvalue weighted by Crippen LogP contribution is -2.77. The van der Waals surface area contributed by atoms with Crippen LogP contribution in [-0.2, 0) is 33.2 Å². The van der Waals surface area contributed by atoms with E-state index in [-0.39, 0.29) is 47.8 Å². The maximum Gasteiger partial charge on any atom is 0.338 e. The summed E-state index contributed by atoms with van der Waals surface area (Å²) in [5, 5.41) is 12.8. The molecular weight excluding hydrogens is 594 g/mol. The first-order valence-electron chi connectivity index (χ1n) is 16.6. The molecule has 1 N–H and O–H groups in total. The molecule has 11 nitrogen and oxygen atoms in total. The topological polar surface area (TPSA) is 122 Å². The van der Waals surface area contributed by atoms with Gasteiger partial charge < -0.3 is 38.3 Å². The molecule has 0 radical (unpaired) electrons. The monoisotopic (exact) mass is 643 g/mol. The Morgan fingerprint density at radius 3 is 2.28 bits per heavy atom. The predicted molar refractivity (Wildman–Crippen MR) is 164 cm³/mol. The molecule has 6 aliphatic rings. The van der Waals surface area contributed by atoms with Gasteiger partial charge in [0.05, 0.1) is 37.6 Å². The molecule has 0 amide bonds. The number of hydrogen-bond acceptors (Lipinski definition) is 11. The van der Waals surface area contributed by atoms with Gasteiger partial charge in [0, 0.05) is 83.0 Å². The number of carbonyl (C=O) groups excluding carboxylic acids is 2. The Kier molecular flexibility index (Phi) is 7.81. The number of nitrogens with zero attached hydrogens (tertiary/aromatic N) is 1. The van der Waals surface area contributed by atoms with Gasteiger partial charge in [0.15, 0.2) is 0 Å². The normalized spacial score (nSPS) is 46.6. The summed E-state index contributed by atoms with van der Waals surface area (Å²) in [6.45, 7) is 5.80. The van der Waals surface area contributed by atoms with Crippen molar-refractivity contribution in [1.82, 2.24) is 4.90 Å². The van der Waals surface area contributed by atoms with E-state index in [2.05, 4.69) is 11.8 Å². The first-order valence-corrected chi connectivity index (χ1v) is 16.6. The van der Waals surface area contributed by atoms with Crippen LogP contribution in [0.4, 0.5) is 0 Å². The molecule has 1 aromatic carbocycles. The van der Waals surface area contributed by atoms with E-state index >= 15 is 0 Å². The highest BCUT2D eigenvalue weighted by molar-refractivity contribution is 5.89. The van der Waals surface area contributed by atoms with Crippen LogP contribution in [0.2, 0.25) is 0 Å². The molecule has 5 aliphatic carbocycles. The first-order chi connectivity index (χ1) is 22.1. The lowest BCUT2D eigenvalue weighted by Gasteiger charge is -2.69. The molecular formula is C35H49NO10. The van der Waals surface area contributed by atoms with E-state index in [9.17, 15) is 14.7 Å². The van der Waals surface area contributed by atoms with Crippen LogP contribution in [0.15, 0.2) is 24.3 Å². The van der Waals surface area contributed by atoms with Crippen LogP contribution in [0.3, 0.4) is 0 Å². The van der Waals surface area contributed by atoms with E-state index in [1.807, 2.05) is 0 Å². The zero-order valence-corrected chi connectivity index (χ0v) is 28.0. The van der Waals surface area contributed by atoms with Gasteiger partial charge in [0.25, 0.3) is 0 Å². The maximum absolute atomic E-state index is 13.9. The second kappa shape index (κ2) is 11.1. The third-order valence-electron chi connectivity index (χ3n) is 13.3. The average Bonchev–Trinajstić information content (AvgIpc) is 3.42. The minimum Gasteiger partial charge on any atom is -0.497 e. The van der Waals surface area contributed by atoms with Gasteiger partial charge in [-0.1, -0.05) is 6.92 Å². The number of ether oxygens (including phenoxy) is 7. The quantitative estimate of drug-likeness (QED) is 0.379. The zero-order chi connectivity index (χ0) is 32.8. The lowest BCUT2D eigenvalue weighted by molar-refractivity contribution is -0.287. The van der Waals surface area contributed by atoms with Crippen molar-refractivity contribution in [3.8, 4) is 5.75 Å². The Hall–Kier alpha value is -2.28. The number of aliphatic hydroxyl groups is 1. The van der Waals surface area contributed by atoms with Gasteiger partial charge in [-0.15, -0.1) is 0 Å². The Morgan fingerprint density at radius 2 is 1.70 bits per heavy atom. The lowest BCUT2D eigenvalue weighted by atomic mass is 9.43. The van der Waals surface area contributed by atoms with Crippen molar-refractivity contribution in [2.24, 2.45) is 34.5 Å². The number of methoxy groups -OCH3 is 5. The van der Waals surface area contributed by atoms with E-state index in [4.69, 9.17) is 33.2 Å². The summed E-state index contributed by atoms with van der Waals surface area (Å²) >= 11 is 0. The van der Waals surface area contributed by atoms with E-state index in [0.29, 0.717) is 24.3 Å². The van der Waals surface area contributed by atoms with E-state index in [1.165, 1.54) is 6.92 Å². The van der Waals surface area contributed by atoms with Crippen molar-refractivity contribution in [1.29, 1.82) is 0 Å². The van der Waals surface area contributed by atoms with Crippen molar-refractivity contribution in [3.63, 3.8) is 0 Å². The SMILES string of the molecule is CCN1C[C@]2(COC)CC[C@H](OC)C34C1C([C@H](OC)[C@@H]32)[C@@]1(OC(C)=O)C[C@H](OC)[C@@]2(O)C[C@@H]4[C@@H]1C2OC(=O)c1ccc(OC)cc1. The highest BCUT2D eigenvalue weighted by atomic mass is 16.6. The fourth-order valence-electron chi connectivity index (χ4n) is 12.4. The molecule has 1 aliphatic heterocycles. The molecule has 254 valence electrons. The summed E-state index contributed by atoms with van der Waals surface area (Å²) in [6.07, 6.45) is 0.142. The molecule has 0 aromatic heterocycles. The number of benzene rings is 1. The second-order valence-corrected chi connectivity index (χ2v) is 14.6. The van der Waals surface area contributed by atoms with Crippen LogP contribution < -0.4 is 4.74 Å². The summed E-state index contributed by atoms with van der Waals surface area (Å²) in [6, 6.07) is 6.66. The van der Waals surface area contributed by atoms with Crippen molar-refractivity contribution in [3.05, 3.63) is 29.8 Å². The number of piperidine rings is 1. The fourth-order valence-corrected chi connectivity index (χ4v) is 12.4. The highest BCUT2D eigenvalue weighted by Gasteiger charge is 2.89. The van der Waals surface area contributed by atoms with Crippen LogP contribution in [0.25, 0.3) is 0 Å². The van der Waals surface area contributed by atoms with Gasteiger partial charge in [-0.05, 0) is 56.0 Å². The van der Waals surface area contributed by atoms with Gasteiger partial charge in [-0.25, -0.2) is 4.79 Å². The Labute approximate surface area is 271 Å². The molecule has 1 heterocycles. The molecule has 1 spiro atoms. The van der Waals surface area contributed by atoms with Crippen molar-refractivity contribution in [2.75, 3.05) is 55.2 Å². The summed E-state index contributed by atoms with van der Waals surface area (Å²) < 4.78 is 43.6. The third kappa shape index (κ3) is 3.87. The van der Waals surface area contributed by atoms with Crippen LogP contribution in [0.5, 0.6) is 5.75 Å². The molecule has 7 bridgehead atoms. The van der Waals surface area contributed by atoms with Crippen molar-refractivity contribution in [2.45, 2.75) is 81.2 Å². The van der Waals surface area contributed by atoms with E-state index in [1.54, 1.807) is 59.8 Å². The Bertz CT molecular complexity index is 1360. The number of rotatable bonds is 10. The highest BCUT2D eigenvalue weighted by Crippen LogP contribution is 2.80. The van der Waals surface area contributed by atoms with Crippen molar-refractivity contribution >= 4 is 11.9 Å². The zero-order valence-electron chi connectivity index (χ0n) is 28.0. The molecule has 6 fully saturated rings. The third-order valence-corrected chi connectivity index (χ3v) is 13.3. The molecule has 1 saturated heterocycles. The summed E-state index contributed by atoms with van der Waals surface area (Å²) in [7, 11) is 8.44. The predicted octanol–water partition coefficient (Wildman–Crippen LogP) is 2.72. The van der Waals surface area contributed by atoms with E-state index in [0.717, 1.165) is 25.9 Å². The van der Waals surface area contributed by atoms with Crippen LogP contribution in [-0.4, -0.2) is 119 Å². The average molecular weight is 644 g/mol. The minimum atomic E-state index is -1.51. The molecule has 1 aromatic rings. The van der Waals surface area contributed by atoms with Gasteiger partial charge in [0.1, 0.15) is 23.1 Å². The standard InChI is InChI=1S/C35H49NO10/c1-8-36-17-32(18-40-3)14-13-23(42-5)35-22-15-33(39)24(43-6)16-34(46-19(2)37,26(29(35)36)27(44-7)28(32)35)25(22)30(33)45-31(38)20-9-11-21(41-4)12-10-20/h9-12,22-30,39H,8,13-18H2,1-7H3/t22-,23+,24+,25-,26?,27+,28-,29?,30?,32+,33+,34-,35?/m1/s1. The summed E-state index contributed by atoms with van der Waals surface area (Å²) in [5.74, 6) is -1.38. The number of likely N-dealkylation sites (tertiary alicyclic amines) is 1. The summed E-state index contributed by atoms with van der Waals surface area (Å²) in [5.41, 5.74) is -3.03. The maximum atomic E-state index is 13.9. The number of carbonyl (C=O) groups is 2. The number of esters is 2. The van der Waals surface area contributed by atoms with Gasteiger partial charge in [-0.3, -0.25) is 9.69 Å². The molecule has 4 unspecified atom stereocenters. The molecule has 7 rings (SSSR count).